The molecule has 0 radical (unpaired) electrons. The summed E-state index contributed by atoms with van der Waals surface area (Å²) in [6.45, 7) is 2.13. The molecule has 1 aromatic heterocycles. The lowest BCUT2D eigenvalue weighted by atomic mass is 10.1. The summed E-state index contributed by atoms with van der Waals surface area (Å²) in [6.07, 6.45) is 6.24. The van der Waals surface area contributed by atoms with Crippen molar-refractivity contribution in [3.63, 3.8) is 0 Å². The maximum Gasteiger partial charge on any atom is 0.115 e. The van der Waals surface area contributed by atoms with E-state index in [1.807, 2.05) is 0 Å². The molecule has 72 valence electrons. The van der Waals surface area contributed by atoms with Gasteiger partial charge in [-0.25, -0.2) is 9.97 Å². The first kappa shape index (κ1) is 10.9. The minimum absolute atomic E-state index is 0.177. The Kier molecular flexibility index (Phi) is 4.67. The summed E-state index contributed by atoms with van der Waals surface area (Å²) < 4.78 is 0.941. The smallest absolute Gasteiger partial charge is 0.115 e. The Morgan fingerprint density at radius 1 is 1.62 bits per heavy atom. The zero-order valence-corrected chi connectivity index (χ0v) is 9.85. The molecule has 0 spiro atoms. The summed E-state index contributed by atoms with van der Waals surface area (Å²) in [4.78, 5) is 8.06. The lowest BCUT2D eigenvalue weighted by Crippen LogP contribution is -2.05. The van der Waals surface area contributed by atoms with Crippen LogP contribution >= 0.6 is 27.5 Å². The van der Waals surface area contributed by atoms with Crippen LogP contribution < -0.4 is 0 Å². The third kappa shape index (κ3) is 3.61. The fraction of sp³-hybridized carbons (Fsp3) is 0.556. The van der Waals surface area contributed by atoms with E-state index >= 15 is 0 Å². The quantitative estimate of drug-likeness (QED) is 0.780. The fourth-order valence-electron chi connectivity index (χ4n) is 1.11. The highest BCUT2D eigenvalue weighted by molar-refractivity contribution is 9.10. The van der Waals surface area contributed by atoms with Gasteiger partial charge in [0.15, 0.2) is 0 Å². The highest BCUT2D eigenvalue weighted by Crippen LogP contribution is 2.17. The SMILES string of the molecule is CCCC(Cl)Cc1ncncc1Br. The topological polar surface area (TPSA) is 25.8 Å². The molecule has 0 aliphatic heterocycles. The zero-order valence-electron chi connectivity index (χ0n) is 7.50. The zero-order chi connectivity index (χ0) is 9.68. The van der Waals surface area contributed by atoms with Crippen LogP contribution in [0.2, 0.25) is 0 Å². The molecule has 0 aromatic carbocycles. The largest absolute Gasteiger partial charge is 0.244 e. The predicted molar refractivity (Wildman–Crippen MR) is 58.0 cm³/mol. The van der Waals surface area contributed by atoms with Crippen molar-refractivity contribution in [2.24, 2.45) is 0 Å². The van der Waals surface area contributed by atoms with E-state index in [-0.39, 0.29) is 5.38 Å². The van der Waals surface area contributed by atoms with Gasteiger partial charge in [0, 0.05) is 18.0 Å². The second-order valence-electron chi connectivity index (χ2n) is 2.91. The lowest BCUT2D eigenvalue weighted by Gasteiger charge is -2.07. The van der Waals surface area contributed by atoms with Crippen LogP contribution in [0, 0.1) is 0 Å². The summed E-state index contributed by atoms with van der Waals surface area (Å²) in [5.41, 5.74) is 0.989. The third-order valence-electron chi connectivity index (χ3n) is 1.76. The van der Waals surface area contributed by atoms with Crippen molar-refractivity contribution in [2.45, 2.75) is 31.6 Å². The molecule has 0 saturated heterocycles. The molecule has 13 heavy (non-hydrogen) atoms. The number of alkyl halides is 1. The van der Waals surface area contributed by atoms with Gasteiger partial charge in [-0.05, 0) is 22.4 Å². The van der Waals surface area contributed by atoms with Crippen LogP contribution in [0.25, 0.3) is 0 Å². The molecule has 0 saturated carbocycles. The first-order chi connectivity index (χ1) is 6.24. The van der Waals surface area contributed by atoms with E-state index in [0.29, 0.717) is 0 Å². The number of hydrogen-bond acceptors (Lipinski definition) is 2. The van der Waals surface area contributed by atoms with Crippen molar-refractivity contribution in [3.05, 3.63) is 22.7 Å². The highest BCUT2D eigenvalue weighted by atomic mass is 79.9. The van der Waals surface area contributed by atoms with Gasteiger partial charge >= 0.3 is 0 Å². The Hall–Kier alpha value is -0.150. The van der Waals surface area contributed by atoms with Gasteiger partial charge in [-0.2, -0.15) is 0 Å². The van der Waals surface area contributed by atoms with Crippen molar-refractivity contribution in [1.29, 1.82) is 0 Å². The van der Waals surface area contributed by atoms with Gasteiger partial charge in [0.05, 0.1) is 10.2 Å². The molecule has 0 fully saturated rings. The summed E-state index contributed by atoms with van der Waals surface area (Å²) in [7, 11) is 0. The minimum Gasteiger partial charge on any atom is -0.244 e. The molecule has 4 heteroatoms. The Balaban J connectivity index is 2.58. The molecule has 1 aromatic rings. The molecule has 1 atom stereocenters. The van der Waals surface area contributed by atoms with Crippen molar-refractivity contribution < 1.29 is 0 Å². The summed E-state index contributed by atoms with van der Waals surface area (Å²) in [5.74, 6) is 0. The van der Waals surface area contributed by atoms with Crippen molar-refractivity contribution in [2.75, 3.05) is 0 Å². The third-order valence-corrected chi connectivity index (χ3v) is 2.80. The summed E-state index contributed by atoms with van der Waals surface area (Å²) in [5, 5.41) is 0.177. The van der Waals surface area contributed by atoms with Crippen LogP contribution in [0.15, 0.2) is 17.0 Å². The van der Waals surface area contributed by atoms with E-state index in [0.717, 1.165) is 29.4 Å². The number of rotatable bonds is 4. The van der Waals surface area contributed by atoms with E-state index in [1.54, 1.807) is 12.5 Å². The minimum atomic E-state index is 0.177. The highest BCUT2D eigenvalue weighted by Gasteiger charge is 2.08. The fourth-order valence-corrected chi connectivity index (χ4v) is 1.86. The van der Waals surface area contributed by atoms with Gasteiger partial charge < -0.3 is 0 Å². The molecule has 1 heterocycles. The van der Waals surface area contributed by atoms with Crippen molar-refractivity contribution >= 4 is 27.5 Å². The van der Waals surface area contributed by atoms with Gasteiger partial charge in [0.2, 0.25) is 0 Å². The molecule has 0 N–H and O–H groups in total. The van der Waals surface area contributed by atoms with Gasteiger partial charge in [-0.15, -0.1) is 11.6 Å². The average Bonchev–Trinajstić information content (AvgIpc) is 2.09. The molecular weight excluding hydrogens is 251 g/mol. The van der Waals surface area contributed by atoms with E-state index < -0.39 is 0 Å². The van der Waals surface area contributed by atoms with Crippen molar-refractivity contribution in [1.82, 2.24) is 9.97 Å². The van der Waals surface area contributed by atoms with Crippen LogP contribution in [0.4, 0.5) is 0 Å². The first-order valence-electron chi connectivity index (χ1n) is 4.32. The maximum absolute atomic E-state index is 6.11. The summed E-state index contributed by atoms with van der Waals surface area (Å²) in [6, 6.07) is 0. The van der Waals surface area contributed by atoms with Crippen LogP contribution in [0.3, 0.4) is 0 Å². The molecule has 0 amide bonds. The van der Waals surface area contributed by atoms with Crippen LogP contribution in [0.5, 0.6) is 0 Å². The van der Waals surface area contributed by atoms with E-state index in [1.165, 1.54) is 0 Å². The number of nitrogens with zero attached hydrogens (tertiary/aromatic N) is 2. The number of halogens is 2. The van der Waals surface area contributed by atoms with Crippen LogP contribution in [0.1, 0.15) is 25.5 Å². The Bertz CT molecular complexity index is 268. The average molecular weight is 264 g/mol. The molecular formula is C9H12BrClN2. The maximum atomic E-state index is 6.11. The molecule has 2 nitrogen and oxygen atoms in total. The van der Waals surface area contributed by atoms with Crippen LogP contribution in [-0.2, 0) is 6.42 Å². The monoisotopic (exact) mass is 262 g/mol. The summed E-state index contributed by atoms with van der Waals surface area (Å²) >= 11 is 9.50. The molecule has 0 aliphatic carbocycles. The number of aromatic nitrogens is 2. The van der Waals surface area contributed by atoms with E-state index in [2.05, 4.69) is 32.8 Å². The molecule has 0 aliphatic rings. The second-order valence-corrected chi connectivity index (χ2v) is 4.38. The van der Waals surface area contributed by atoms with Gasteiger partial charge in [0.25, 0.3) is 0 Å². The number of hydrogen-bond donors (Lipinski definition) is 0. The first-order valence-corrected chi connectivity index (χ1v) is 5.55. The van der Waals surface area contributed by atoms with Gasteiger partial charge in [-0.3, -0.25) is 0 Å². The van der Waals surface area contributed by atoms with E-state index in [4.69, 9.17) is 11.6 Å². The van der Waals surface area contributed by atoms with Crippen LogP contribution in [-0.4, -0.2) is 15.3 Å². The van der Waals surface area contributed by atoms with Crippen molar-refractivity contribution in [3.8, 4) is 0 Å². The van der Waals surface area contributed by atoms with Gasteiger partial charge in [0.1, 0.15) is 6.33 Å². The molecule has 1 rings (SSSR count). The van der Waals surface area contributed by atoms with Gasteiger partial charge in [-0.1, -0.05) is 13.3 Å². The Morgan fingerprint density at radius 3 is 3.00 bits per heavy atom. The Morgan fingerprint density at radius 2 is 2.38 bits per heavy atom. The molecule has 0 bridgehead atoms. The normalized spacial score (nSPS) is 12.8. The second kappa shape index (κ2) is 5.55. The molecule has 1 unspecified atom stereocenters. The lowest BCUT2D eigenvalue weighted by molar-refractivity contribution is 0.712. The predicted octanol–water partition coefficient (Wildman–Crippen LogP) is 3.19. The van der Waals surface area contributed by atoms with E-state index in [9.17, 15) is 0 Å². The standard InChI is InChI=1S/C9H12BrClN2/c1-2-3-7(11)4-9-8(10)5-12-6-13-9/h5-7H,2-4H2,1H3. The Labute approximate surface area is 91.9 Å².